The second kappa shape index (κ2) is 3.51. The minimum atomic E-state index is -1.45. The molecule has 0 aliphatic rings. The maximum Gasteiger partial charge on any atom is 0.329 e. The molecule has 0 atom stereocenters. The fraction of sp³-hybridized carbons (Fsp3) is 0.833. The SMILES string of the molecule is CC(C)(F)COCC(=O)O. The summed E-state index contributed by atoms with van der Waals surface area (Å²) in [6, 6.07) is 0. The molecule has 0 aromatic rings. The quantitative estimate of drug-likeness (QED) is 0.645. The van der Waals surface area contributed by atoms with Gasteiger partial charge in [0.1, 0.15) is 12.3 Å². The highest BCUT2D eigenvalue weighted by atomic mass is 19.1. The van der Waals surface area contributed by atoms with E-state index in [-0.39, 0.29) is 6.61 Å². The molecule has 10 heavy (non-hydrogen) atoms. The number of halogens is 1. The number of carbonyl (C=O) groups is 1. The van der Waals surface area contributed by atoms with Crippen LogP contribution in [0.5, 0.6) is 0 Å². The van der Waals surface area contributed by atoms with E-state index in [0.717, 1.165) is 0 Å². The minimum Gasteiger partial charge on any atom is -0.480 e. The number of rotatable bonds is 4. The highest BCUT2D eigenvalue weighted by Gasteiger charge is 2.15. The van der Waals surface area contributed by atoms with Crippen LogP contribution in [0.1, 0.15) is 13.8 Å². The largest absolute Gasteiger partial charge is 0.480 e. The third kappa shape index (κ3) is 7.36. The van der Waals surface area contributed by atoms with Crippen molar-refractivity contribution in [1.82, 2.24) is 0 Å². The van der Waals surface area contributed by atoms with E-state index >= 15 is 0 Å². The van der Waals surface area contributed by atoms with Crippen LogP contribution in [-0.2, 0) is 9.53 Å². The summed E-state index contributed by atoms with van der Waals surface area (Å²) in [5.41, 5.74) is -1.45. The Morgan fingerprint density at radius 1 is 1.70 bits per heavy atom. The number of carboxylic acid groups (broad SMARTS) is 1. The molecular formula is C6H11FO3. The number of hydrogen-bond acceptors (Lipinski definition) is 2. The van der Waals surface area contributed by atoms with Gasteiger partial charge in [-0.3, -0.25) is 0 Å². The minimum absolute atomic E-state index is 0.181. The van der Waals surface area contributed by atoms with Crippen molar-refractivity contribution in [2.24, 2.45) is 0 Å². The molecule has 4 heteroatoms. The van der Waals surface area contributed by atoms with Crippen molar-refractivity contribution in [2.75, 3.05) is 13.2 Å². The molecule has 0 amide bonds. The van der Waals surface area contributed by atoms with E-state index in [1.54, 1.807) is 0 Å². The van der Waals surface area contributed by atoms with Crippen LogP contribution in [-0.4, -0.2) is 30.0 Å². The molecule has 0 aromatic heterocycles. The Kier molecular flexibility index (Phi) is 3.28. The molecule has 0 spiro atoms. The summed E-state index contributed by atoms with van der Waals surface area (Å²) in [6.45, 7) is 2.04. The van der Waals surface area contributed by atoms with Crippen LogP contribution in [0.2, 0.25) is 0 Å². The van der Waals surface area contributed by atoms with Gasteiger partial charge in [-0.2, -0.15) is 0 Å². The van der Waals surface area contributed by atoms with Crippen molar-refractivity contribution in [2.45, 2.75) is 19.5 Å². The fourth-order valence-corrected chi connectivity index (χ4v) is 0.381. The monoisotopic (exact) mass is 150 g/mol. The zero-order chi connectivity index (χ0) is 8.20. The standard InChI is InChI=1S/C6H11FO3/c1-6(2,7)4-10-3-5(8)9/h3-4H2,1-2H3,(H,8,9). The topological polar surface area (TPSA) is 46.5 Å². The van der Waals surface area contributed by atoms with E-state index in [1.807, 2.05) is 0 Å². The predicted molar refractivity (Wildman–Crippen MR) is 33.6 cm³/mol. The van der Waals surface area contributed by atoms with Crippen LogP contribution in [0.15, 0.2) is 0 Å². The van der Waals surface area contributed by atoms with Crippen molar-refractivity contribution in [3.8, 4) is 0 Å². The Hall–Kier alpha value is -0.640. The summed E-state index contributed by atoms with van der Waals surface area (Å²) in [5.74, 6) is -1.08. The van der Waals surface area contributed by atoms with Crippen LogP contribution in [0.25, 0.3) is 0 Å². The molecule has 0 saturated heterocycles. The number of hydrogen-bond donors (Lipinski definition) is 1. The van der Waals surface area contributed by atoms with Crippen LogP contribution in [0.4, 0.5) is 4.39 Å². The summed E-state index contributed by atoms with van der Waals surface area (Å²) in [5, 5.41) is 8.06. The van der Waals surface area contributed by atoms with Crippen LogP contribution >= 0.6 is 0 Å². The lowest BCUT2D eigenvalue weighted by Crippen LogP contribution is -2.22. The molecule has 0 unspecified atom stereocenters. The predicted octanol–water partition coefficient (Wildman–Crippen LogP) is 0.836. The third-order valence-electron chi connectivity index (χ3n) is 0.671. The lowest BCUT2D eigenvalue weighted by molar-refractivity contribution is -0.143. The first-order valence-electron chi connectivity index (χ1n) is 2.90. The van der Waals surface area contributed by atoms with Crippen molar-refractivity contribution in [1.29, 1.82) is 0 Å². The second-order valence-electron chi connectivity index (χ2n) is 2.61. The second-order valence-corrected chi connectivity index (χ2v) is 2.61. The van der Waals surface area contributed by atoms with E-state index in [9.17, 15) is 9.18 Å². The third-order valence-corrected chi connectivity index (χ3v) is 0.671. The van der Waals surface area contributed by atoms with Crippen LogP contribution in [0, 0.1) is 0 Å². The molecule has 0 radical (unpaired) electrons. The Balaban J connectivity index is 3.29. The molecular weight excluding hydrogens is 139 g/mol. The van der Waals surface area contributed by atoms with Crippen LogP contribution in [0.3, 0.4) is 0 Å². The van der Waals surface area contributed by atoms with Gasteiger partial charge in [-0.15, -0.1) is 0 Å². The van der Waals surface area contributed by atoms with Crippen molar-refractivity contribution in [3.05, 3.63) is 0 Å². The number of carboxylic acids is 1. The van der Waals surface area contributed by atoms with Gasteiger partial charge in [-0.25, -0.2) is 9.18 Å². The van der Waals surface area contributed by atoms with Gasteiger partial charge in [-0.05, 0) is 13.8 Å². The Labute approximate surface area is 58.8 Å². The van der Waals surface area contributed by atoms with Gasteiger partial charge < -0.3 is 9.84 Å². The van der Waals surface area contributed by atoms with E-state index in [2.05, 4.69) is 4.74 Å². The molecule has 0 aliphatic carbocycles. The smallest absolute Gasteiger partial charge is 0.329 e. The average Bonchev–Trinajstić information content (AvgIpc) is 1.59. The maximum absolute atomic E-state index is 12.5. The van der Waals surface area contributed by atoms with Crippen molar-refractivity contribution in [3.63, 3.8) is 0 Å². The lowest BCUT2D eigenvalue weighted by atomic mass is 10.2. The number of ether oxygens (including phenoxy) is 1. The molecule has 0 rings (SSSR count). The van der Waals surface area contributed by atoms with Gasteiger partial charge in [0.25, 0.3) is 0 Å². The van der Waals surface area contributed by atoms with Gasteiger partial charge >= 0.3 is 5.97 Å². The zero-order valence-corrected chi connectivity index (χ0v) is 6.06. The zero-order valence-electron chi connectivity index (χ0n) is 6.06. The molecule has 1 N–H and O–H groups in total. The molecule has 0 fully saturated rings. The first kappa shape index (κ1) is 9.36. The molecule has 3 nitrogen and oxygen atoms in total. The summed E-state index contributed by atoms with van der Waals surface area (Å²) in [7, 11) is 0. The summed E-state index contributed by atoms with van der Waals surface area (Å²) in [6.07, 6.45) is 0. The van der Waals surface area contributed by atoms with Gasteiger partial charge in [0.15, 0.2) is 0 Å². The summed E-state index contributed by atoms with van der Waals surface area (Å²) in [4.78, 5) is 9.84. The van der Waals surface area contributed by atoms with Crippen molar-refractivity contribution >= 4 is 5.97 Å². The molecule has 0 bridgehead atoms. The Morgan fingerprint density at radius 2 is 2.20 bits per heavy atom. The van der Waals surface area contributed by atoms with E-state index in [4.69, 9.17) is 5.11 Å². The fourth-order valence-electron chi connectivity index (χ4n) is 0.381. The molecule has 60 valence electrons. The maximum atomic E-state index is 12.5. The van der Waals surface area contributed by atoms with E-state index < -0.39 is 18.2 Å². The molecule has 0 aromatic carbocycles. The van der Waals surface area contributed by atoms with Gasteiger partial charge in [0.2, 0.25) is 0 Å². The molecule has 0 aliphatic heterocycles. The Morgan fingerprint density at radius 3 is 2.50 bits per heavy atom. The highest BCUT2D eigenvalue weighted by Crippen LogP contribution is 2.07. The summed E-state index contributed by atoms with van der Waals surface area (Å²) >= 11 is 0. The van der Waals surface area contributed by atoms with E-state index in [1.165, 1.54) is 13.8 Å². The molecule has 0 heterocycles. The first-order chi connectivity index (χ1) is 4.42. The number of alkyl halides is 1. The highest BCUT2D eigenvalue weighted by molar-refractivity contribution is 5.67. The van der Waals surface area contributed by atoms with E-state index in [0.29, 0.717) is 0 Å². The first-order valence-corrected chi connectivity index (χ1v) is 2.90. The van der Waals surface area contributed by atoms with Gasteiger partial charge in [0, 0.05) is 0 Å². The van der Waals surface area contributed by atoms with Crippen molar-refractivity contribution < 1.29 is 19.0 Å². The lowest BCUT2D eigenvalue weighted by Gasteiger charge is -2.12. The Bertz CT molecular complexity index is 117. The van der Waals surface area contributed by atoms with Gasteiger partial charge in [-0.1, -0.05) is 0 Å². The van der Waals surface area contributed by atoms with Crippen LogP contribution < -0.4 is 0 Å². The molecule has 0 saturated carbocycles. The summed E-state index contributed by atoms with van der Waals surface area (Å²) < 4.78 is 17.0. The van der Waals surface area contributed by atoms with Gasteiger partial charge in [0.05, 0.1) is 6.61 Å². The normalized spacial score (nSPS) is 11.5. The average molecular weight is 150 g/mol. The number of aliphatic carboxylic acids is 1.